The molecule has 0 atom stereocenters. The van der Waals surface area contributed by atoms with E-state index in [1.54, 1.807) is 18.2 Å². The topological polar surface area (TPSA) is 50.1 Å². The molecule has 0 amide bonds. The number of rotatable bonds is 4. The van der Waals surface area contributed by atoms with Gasteiger partial charge in [0, 0.05) is 5.56 Å². The van der Waals surface area contributed by atoms with E-state index < -0.39 is 17.4 Å². The van der Waals surface area contributed by atoms with E-state index in [4.69, 9.17) is 10.00 Å². The monoisotopic (exact) mass is 299 g/mol. The smallest absolute Gasteiger partial charge is 0.203 e. The third kappa shape index (κ3) is 3.36. The maximum absolute atomic E-state index is 13.2. The zero-order valence-corrected chi connectivity index (χ0v) is 11.6. The summed E-state index contributed by atoms with van der Waals surface area (Å²) in [6.45, 7) is 0. The lowest BCUT2D eigenvalue weighted by molar-refractivity contribution is 0.104. The van der Waals surface area contributed by atoms with Crippen LogP contribution in [0.5, 0.6) is 5.75 Å². The van der Waals surface area contributed by atoms with E-state index in [0.29, 0.717) is 11.3 Å². The van der Waals surface area contributed by atoms with Crippen molar-refractivity contribution in [3.63, 3.8) is 0 Å². The molecular formula is C17H11F2NO2. The number of carbonyl (C=O) groups is 1. The molecule has 5 heteroatoms. The fraction of sp³-hybridized carbons (Fsp3) is 0.0588. The molecule has 0 unspecified atom stereocenters. The van der Waals surface area contributed by atoms with Gasteiger partial charge in [0.1, 0.15) is 17.4 Å². The van der Waals surface area contributed by atoms with Crippen LogP contribution in [0.1, 0.15) is 15.9 Å². The SMILES string of the molecule is COc1ccc(C(=O)C(C#N)=Cc2ccc(F)c(F)c2)cc1. The lowest BCUT2D eigenvalue weighted by atomic mass is 10.0. The summed E-state index contributed by atoms with van der Waals surface area (Å²) in [7, 11) is 1.50. The van der Waals surface area contributed by atoms with Gasteiger partial charge < -0.3 is 4.74 Å². The predicted molar refractivity (Wildman–Crippen MR) is 77.3 cm³/mol. The summed E-state index contributed by atoms with van der Waals surface area (Å²) < 4.78 is 31.0. The number of hydrogen-bond acceptors (Lipinski definition) is 3. The minimum Gasteiger partial charge on any atom is -0.497 e. The molecule has 22 heavy (non-hydrogen) atoms. The second-order valence-corrected chi connectivity index (χ2v) is 4.40. The highest BCUT2D eigenvalue weighted by Gasteiger charge is 2.12. The zero-order chi connectivity index (χ0) is 16.1. The molecule has 0 aromatic heterocycles. The van der Waals surface area contributed by atoms with E-state index in [1.807, 2.05) is 0 Å². The Bertz CT molecular complexity index is 774. The number of ether oxygens (including phenoxy) is 1. The fourth-order valence-corrected chi connectivity index (χ4v) is 1.82. The van der Waals surface area contributed by atoms with Crippen molar-refractivity contribution in [1.82, 2.24) is 0 Å². The minimum atomic E-state index is -1.04. The Morgan fingerprint density at radius 2 is 1.82 bits per heavy atom. The summed E-state index contributed by atoms with van der Waals surface area (Å²) in [5, 5.41) is 9.11. The highest BCUT2D eigenvalue weighted by atomic mass is 19.2. The number of nitriles is 1. The van der Waals surface area contributed by atoms with Crippen LogP contribution in [0.3, 0.4) is 0 Å². The molecule has 2 aromatic rings. The zero-order valence-electron chi connectivity index (χ0n) is 11.6. The molecule has 0 N–H and O–H groups in total. The third-order valence-electron chi connectivity index (χ3n) is 2.97. The maximum atomic E-state index is 13.2. The molecular weight excluding hydrogens is 288 g/mol. The lowest BCUT2D eigenvalue weighted by Crippen LogP contribution is -2.02. The summed E-state index contributed by atoms with van der Waals surface area (Å²) in [4.78, 5) is 12.2. The van der Waals surface area contributed by atoms with Crippen molar-refractivity contribution in [2.45, 2.75) is 0 Å². The van der Waals surface area contributed by atoms with E-state index in [0.717, 1.165) is 12.1 Å². The Balaban J connectivity index is 2.33. The summed E-state index contributed by atoms with van der Waals surface area (Å²) in [5.41, 5.74) is 0.365. The van der Waals surface area contributed by atoms with Crippen molar-refractivity contribution in [2.24, 2.45) is 0 Å². The second kappa shape index (κ2) is 6.64. The van der Waals surface area contributed by atoms with Gasteiger partial charge in [0.25, 0.3) is 0 Å². The number of ketones is 1. The molecule has 0 saturated heterocycles. The van der Waals surface area contributed by atoms with E-state index in [9.17, 15) is 13.6 Å². The molecule has 0 bridgehead atoms. The Labute approximate surface area is 126 Å². The van der Waals surface area contributed by atoms with Crippen LogP contribution < -0.4 is 4.74 Å². The summed E-state index contributed by atoms with van der Waals surface area (Å²) in [5.74, 6) is -1.95. The van der Waals surface area contributed by atoms with Crippen LogP contribution in [0.4, 0.5) is 8.78 Å². The van der Waals surface area contributed by atoms with Crippen LogP contribution in [-0.2, 0) is 0 Å². The van der Waals surface area contributed by atoms with Crippen molar-refractivity contribution < 1.29 is 18.3 Å². The standard InChI is InChI=1S/C17H11F2NO2/c1-22-14-5-3-12(4-6-14)17(21)13(10-20)8-11-2-7-15(18)16(19)9-11/h2-9H,1H3. The normalized spacial score (nSPS) is 10.9. The lowest BCUT2D eigenvalue weighted by Gasteiger charge is -2.02. The second-order valence-electron chi connectivity index (χ2n) is 4.40. The minimum absolute atomic E-state index is 0.170. The van der Waals surface area contributed by atoms with E-state index in [2.05, 4.69) is 0 Å². The van der Waals surface area contributed by atoms with Gasteiger partial charge in [-0.05, 0) is 48.0 Å². The highest BCUT2D eigenvalue weighted by Crippen LogP contribution is 2.17. The third-order valence-corrected chi connectivity index (χ3v) is 2.97. The number of hydrogen-bond donors (Lipinski definition) is 0. The van der Waals surface area contributed by atoms with Crippen molar-refractivity contribution in [3.05, 3.63) is 70.8 Å². The fourth-order valence-electron chi connectivity index (χ4n) is 1.82. The van der Waals surface area contributed by atoms with Crippen LogP contribution in [0.15, 0.2) is 48.0 Å². The first-order chi connectivity index (χ1) is 10.5. The number of halogens is 2. The molecule has 0 radical (unpaired) electrons. The van der Waals surface area contributed by atoms with E-state index in [-0.39, 0.29) is 11.1 Å². The molecule has 0 aliphatic heterocycles. The summed E-state index contributed by atoms with van der Waals surface area (Å²) in [6, 6.07) is 11.2. The molecule has 0 spiro atoms. The van der Waals surface area contributed by atoms with Crippen LogP contribution in [-0.4, -0.2) is 12.9 Å². The van der Waals surface area contributed by atoms with Gasteiger partial charge in [0.2, 0.25) is 5.78 Å². The Hall–Kier alpha value is -3.00. The average molecular weight is 299 g/mol. The molecule has 110 valence electrons. The van der Waals surface area contributed by atoms with Crippen molar-refractivity contribution in [2.75, 3.05) is 7.11 Å². The van der Waals surface area contributed by atoms with Gasteiger partial charge in [-0.15, -0.1) is 0 Å². The Morgan fingerprint density at radius 1 is 1.14 bits per heavy atom. The molecule has 0 saturated carbocycles. The van der Waals surface area contributed by atoms with Gasteiger partial charge in [-0.1, -0.05) is 6.07 Å². The number of methoxy groups -OCH3 is 1. The Morgan fingerprint density at radius 3 is 2.36 bits per heavy atom. The maximum Gasteiger partial charge on any atom is 0.203 e. The van der Waals surface area contributed by atoms with E-state index in [1.165, 1.54) is 31.4 Å². The number of benzene rings is 2. The highest BCUT2D eigenvalue weighted by molar-refractivity contribution is 6.14. The van der Waals surface area contributed by atoms with Gasteiger partial charge >= 0.3 is 0 Å². The molecule has 3 nitrogen and oxygen atoms in total. The quantitative estimate of drug-likeness (QED) is 0.490. The van der Waals surface area contributed by atoms with Gasteiger partial charge in [0.15, 0.2) is 11.6 Å². The Kier molecular flexibility index (Phi) is 4.64. The molecule has 2 aromatic carbocycles. The molecule has 0 aliphatic carbocycles. The van der Waals surface area contributed by atoms with Gasteiger partial charge in [-0.25, -0.2) is 8.78 Å². The van der Waals surface area contributed by atoms with E-state index >= 15 is 0 Å². The first kappa shape index (κ1) is 15.4. The summed E-state index contributed by atoms with van der Waals surface area (Å²) in [6.07, 6.45) is 1.22. The number of allylic oxidation sites excluding steroid dienone is 1. The van der Waals surface area contributed by atoms with Crippen molar-refractivity contribution in [3.8, 4) is 11.8 Å². The molecule has 2 rings (SSSR count). The van der Waals surface area contributed by atoms with Crippen LogP contribution in [0, 0.1) is 23.0 Å². The largest absolute Gasteiger partial charge is 0.497 e. The van der Waals surface area contributed by atoms with Crippen molar-refractivity contribution >= 4 is 11.9 Å². The number of nitrogens with zero attached hydrogens (tertiary/aromatic N) is 1. The van der Waals surface area contributed by atoms with Gasteiger partial charge in [-0.2, -0.15) is 5.26 Å². The summed E-state index contributed by atoms with van der Waals surface area (Å²) >= 11 is 0. The molecule has 0 fully saturated rings. The molecule has 0 aliphatic rings. The average Bonchev–Trinajstić information content (AvgIpc) is 2.55. The van der Waals surface area contributed by atoms with Crippen LogP contribution in [0.2, 0.25) is 0 Å². The van der Waals surface area contributed by atoms with Gasteiger partial charge in [-0.3, -0.25) is 4.79 Å². The first-order valence-electron chi connectivity index (χ1n) is 6.30. The molecule has 0 heterocycles. The number of carbonyl (C=O) groups excluding carboxylic acids is 1. The van der Waals surface area contributed by atoms with Gasteiger partial charge in [0.05, 0.1) is 7.11 Å². The first-order valence-corrected chi connectivity index (χ1v) is 6.30. The predicted octanol–water partition coefficient (Wildman–Crippen LogP) is 3.76. The van der Waals surface area contributed by atoms with Crippen molar-refractivity contribution in [1.29, 1.82) is 5.26 Å². The van der Waals surface area contributed by atoms with Crippen LogP contribution in [0.25, 0.3) is 6.08 Å². The number of Topliss-reactive ketones (excluding diaryl/α,β-unsaturated/α-hetero) is 1. The van der Waals surface area contributed by atoms with Crippen LogP contribution >= 0.6 is 0 Å².